The molecule has 0 saturated heterocycles. The number of ether oxygens (including phenoxy) is 1. The van der Waals surface area contributed by atoms with Gasteiger partial charge in [0, 0.05) is 5.56 Å². The van der Waals surface area contributed by atoms with Gasteiger partial charge in [-0.1, -0.05) is 5.92 Å². The van der Waals surface area contributed by atoms with Crippen LogP contribution in [0.1, 0.15) is 28.5 Å². The SMILES string of the molecule is C#Cc1ccc(-n2ncc(C(=O)OCC)c2C(F)(F)F)cc1. The normalized spacial score (nSPS) is 11.0. The Morgan fingerprint density at radius 1 is 1.36 bits per heavy atom. The van der Waals surface area contributed by atoms with Crippen molar-refractivity contribution in [2.45, 2.75) is 13.1 Å². The fraction of sp³-hybridized carbons (Fsp3) is 0.200. The first-order chi connectivity index (χ1) is 10.4. The minimum Gasteiger partial charge on any atom is -0.462 e. The summed E-state index contributed by atoms with van der Waals surface area (Å²) in [4.78, 5) is 11.7. The van der Waals surface area contributed by atoms with Crippen molar-refractivity contribution in [1.82, 2.24) is 9.78 Å². The number of carbonyl (C=O) groups excluding carboxylic acids is 1. The van der Waals surface area contributed by atoms with Gasteiger partial charge in [0.1, 0.15) is 5.56 Å². The lowest BCUT2D eigenvalue weighted by Gasteiger charge is -2.12. The van der Waals surface area contributed by atoms with Crippen LogP contribution in [-0.2, 0) is 10.9 Å². The molecule has 2 rings (SSSR count). The zero-order valence-corrected chi connectivity index (χ0v) is 11.5. The molecule has 0 spiro atoms. The van der Waals surface area contributed by atoms with E-state index >= 15 is 0 Å². The highest BCUT2D eigenvalue weighted by Gasteiger charge is 2.41. The molecular formula is C15H11F3N2O2. The molecule has 7 heteroatoms. The summed E-state index contributed by atoms with van der Waals surface area (Å²) in [5, 5.41) is 3.66. The Kier molecular flexibility index (Phi) is 4.22. The summed E-state index contributed by atoms with van der Waals surface area (Å²) in [6, 6.07) is 5.77. The van der Waals surface area contributed by atoms with Gasteiger partial charge in [0.2, 0.25) is 0 Å². The predicted octanol–water partition coefficient (Wildman–Crippen LogP) is 3.05. The second-order valence-corrected chi connectivity index (χ2v) is 4.23. The lowest BCUT2D eigenvalue weighted by molar-refractivity contribution is -0.143. The van der Waals surface area contributed by atoms with Crippen molar-refractivity contribution in [2.24, 2.45) is 0 Å². The van der Waals surface area contributed by atoms with E-state index in [1.165, 1.54) is 31.2 Å². The first kappa shape index (κ1) is 15.6. The summed E-state index contributed by atoms with van der Waals surface area (Å²) in [5.41, 5.74) is -1.15. The molecular weight excluding hydrogens is 297 g/mol. The van der Waals surface area contributed by atoms with Gasteiger partial charge in [-0.2, -0.15) is 18.3 Å². The standard InChI is InChI=1S/C15H11F3N2O2/c1-3-10-5-7-11(8-6-10)20-13(15(16,17)18)12(9-19-20)14(21)22-4-2/h1,5-9H,4H2,2H3. The van der Waals surface area contributed by atoms with Gasteiger partial charge in [0.25, 0.3) is 0 Å². The minimum atomic E-state index is -4.76. The number of halogens is 3. The number of nitrogens with zero attached hydrogens (tertiary/aromatic N) is 2. The highest BCUT2D eigenvalue weighted by Crippen LogP contribution is 2.34. The van der Waals surface area contributed by atoms with E-state index in [2.05, 4.69) is 15.8 Å². The van der Waals surface area contributed by atoms with Crippen molar-refractivity contribution < 1.29 is 22.7 Å². The molecule has 0 unspecified atom stereocenters. The van der Waals surface area contributed by atoms with E-state index in [-0.39, 0.29) is 12.3 Å². The average molecular weight is 308 g/mol. The molecule has 0 N–H and O–H groups in total. The number of esters is 1. The highest BCUT2D eigenvalue weighted by molar-refractivity contribution is 5.90. The predicted molar refractivity (Wildman–Crippen MR) is 72.5 cm³/mol. The number of hydrogen-bond acceptors (Lipinski definition) is 3. The monoisotopic (exact) mass is 308 g/mol. The Morgan fingerprint density at radius 3 is 2.50 bits per heavy atom. The van der Waals surface area contributed by atoms with Crippen LogP contribution in [0.5, 0.6) is 0 Å². The van der Waals surface area contributed by atoms with Crippen molar-refractivity contribution >= 4 is 5.97 Å². The Balaban J connectivity index is 2.56. The number of aromatic nitrogens is 2. The van der Waals surface area contributed by atoms with Gasteiger partial charge in [0.05, 0.1) is 18.5 Å². The summed E-state index contributed by atoms with van der Waals surface area (Å²) in [7, 11) is 0. The van der Waals surface area contributed by atoms with Crippen molar-refractivity contribution in [3.8, 4) is 18.0 Å². The maximum atomic E-state index is 13.3. The van der Waals surface area contributed by atoms with E-state index in [9.17, 15) is 18.0 Å². The molecule has 114 valence electrons. The molecule has 22 heavy (non-hydrogen) atoms. The smallest absolute Gasteiger partial charge is 0.434 e. The number of terminal acetylenes is 1. The zero-order chi connectivity index (χ0) is 16.3. The fourth-order valence-corrected chi connectivity index (χ4v) is 1.87. The van der Waals surface area contributed by atoms with Gasteiger partial charge < -0.3 is 4.74 Å². The van der Waals surface area contributed by atoms with E-state index in [1.807, 2.05) is 0 Å². The van der Waals surface area contributed by atoms with Gasteiger partial charge in [-0.15, -0.1) is 6.42 Å². The minimum absolute atomic E-state index is 0.0296. The summed E-state index contributed by atoms with van der Waals surface area (Å²) >= 11 is 0. The van der Waals surface area contributed by atoms with Crippen LogP contribution in [0, 0.1) is 12.3 Å². The summed E-state index contributed by atoms with van der Waals surface area (Å²) in [5.74, 6) is 1.30. The van der Waals surface area contributed by atoms with Crippen LogP contribution < -0.4 is 0 Å². The molecule has 0 aliphatic rings. The van der Waals surface area contributed by atoms with E-state index in [0.29, 0.717) is 10.2 Å². The molecule has 2 aromatic rings. The Labute approximate surface area is 124 Å². The zero-order valence-electron chi connectivity index (χ0n) is 11.5. The highest BCUT2D eigenvalue weighted by atomic mass is 19.4. The fourth-order valence-electron chi connectivity index (χ4n) is 1.87. The third-order valence-corrected chi connectivity index (χ3v) is 2.81. The van der Waals surface area contributed by atoms with Crippen molar-refractivity contribution in [2.75, 3.05) is 6.61 Å². The lowest BCUT2D eigenvalue weighted by atomic mass is 10.2. The Morgan fingerprint density at radius 2 is 2.00 bits per heavy atom. The van der Waals surface area contributed by atoms with Crippen LogP contribution in [0.2, 0.25) is 0 Å². The number of hydrogen-bond donors (Lipinski definition) is 0. The van der Waals surface area contributed by atoms with Crippen LogP contribution in [-0.4, -0.2) is 22.4 Å². The summed E-state index contributed by atoms with van der Waals surface area (Å²) < 4.78 is 45.1. The quantitative estimate of drug-likeness (QED) is 0.646. The maximum absolute atomic E-state index is 13.3. The number of rotatable bonds is 3. The number of carbonyl (C=O) groups is 1. The Hall–Kier alpha value is -2.75. The molecule has 0 radical (unpaired) electrons. The maximum Gasteiger partial charge on any atom is 0.434 e. The van der Waals surface area contributed by atoms with Gasteiger partial charge in [0.15, 0.2) is 5.69 Å². The largest absolute Gasteiger partial charge is 0.462 e. The van der Waals surface area contributed by atoms with E-state index < -0.39 is 23.4 Å². The summed E-state index contributed by atoms with van der Waals surface area (Å²) in [6.45, 7) is 1.48. The lowest BCUT2D eigenvalue weighted by Crippen LogP contribution is -2.18. The molecule has 1 aromatic carbocycles. The van der Waals surface area contributed by atoms with Crippen LogP contribution in [0.3, 0.4) is 0 Å². The third kappa shape index (κ3) is 2.96. The van der Waals surface area contributed by atoms with Gasteiger partial charge in [-0.3, -0.25) is 0 Å². The second kappa shape index (κ2) is 5.93. The van der Waals surface area contributed by atoms with E-state index in [1.54, 1.807) is 0 Å². The van der Waals surface area contributed by atoms with Crippen molar-refractivity contribution in [1.29, 1.82) is 0 Å². The molecule has 0 atom stereocenters. The molecule has 0 aliphatic carbocycles. The number of alkyl halides is 3. The van der Waals surface area contributed by atoms with Crippen LogP contribution >= 0.6 is 0 Å². The molecule has 0 amide bonds. The average Bonchev–Trinajstić information content (AvgIpc) is 2.92. The van der Waals surface area contributed by atoms with Gasteiger partial charge in [-0.05, 0) is 31.2 Å². The second-order valence-electron chi connectivity index (χ2n) is 4.23. The molecule has 0 fully saturated rings. The van der Waals surface area contributed by atoms with E-state index in [4.69, 9.17) is 6.42 Å². The van der Waals surface area contributed by atoms with Crippen molar-refractivity contribution in [3.63, 3.8) is 0 Å². The molecule has 1 aromatic heterocycles. The van der Waals surface area contributed by atoms with Crippen LogP contribution in [0.4, 0.5) is 13.2 Å². The molecule has 4 nitrogen and oxygen atoms in total. The first-order valence-corrected chi connectivity index (χ1v) is 6.28. The number of benzene rings is 1. The summed E-state index contributed by atoms with van der Waals surface area (Å²) in [6.07, 6.45) is 1.28. The Bertz CT molecular complexity index is 725. The molecule has 0 saturated carbocycles. The van der Waals surface area contributed by atoms with E-state index in [0.717, 1.165) is 6.20 Å². The van der Waals surface area contributed by atoms with Crippen LogP contribution in [0.15, 0.2) is 30.5 Å². The molecule has 0 bridgehead atoms. The van der Waals surface area contributed by atoms with Gasteiger partial charge in [-0.25, -0.2) is 9.48 Å². The topological polar surface area (TPSA) is 44.1 Å². The van der Waals surface area contributed by atoms with Crippen LogP contribution in [0.25, 0.3) is 5.69 Å². The third-order valence-electron chi connectivity index (χ3n) is 2.81. The van der Waals surface area contributed by atoms with Crippen molar-refractivity contribution in [3.05, 3.63) is 47.3 Å². The molecule has 1 heterocycles. The first-order valence-electron chi connectivity index (χ1n) is 6.28. The van der Waals surface area contributed by atoms with Gasteiger partial charge >= 0.3 is 12.1 Å². The molecule has 0 aliphatic heterocycles.